The summed E-state index contributed by atoms with van der Waals surface area (Å²) in [6, 6.07) is 8.55. The number of hydrogen-bond acceptors (Lipinski definition) is 4. The Labute approximate surface area is 118 Å². The fourth-order valence-electron chi connectivity index (χ4n) is 3.62. The Morgan fingerprint density at radius 3 is 2.85 bits per heavy atom. The highest BCUT2D eigenvalue weighted by molar-refractivity contribution is 5.38. The molecular weight excluding hydrogens is 250 g/mol. The van der Waals surface area contributed by atoms with E-state index in [-0.39, 0.29) is 11.5 Å². The van der Waals surface area contributed by atoms with Gasteiger partial charge in [-0.1, -0.05) is 42.3 Å². The summed E-state index contributed by atoms with van der Waals surface area (Å²) >= 11 is 0. The van der Waals surface area contributed by atoms with E-state index < -0.39 is 0 Å². The van der Waals surface area contributed by atoms with Gasteiger partial charge in [0.1, 0.15) is 0 Å². The van der Waals surface area contributed by atoms with Gasteiger partial charge in [-0.15, -0.1) is 0 Å². The van der Waals surface area contributed by atoms with Gasteiger partial charge in [-0.05, 0) is 36.8 Å². The molecule has 0 amide bonds. The Hall–Kier alpha value is -1.68. The first kappa shape index (κ1) is 12.1. The van der Waals surface area contributed by atoms with E-state index in [0.29, 0.717) is 5.89 Å². The molecule has 0 aliphatic heterocycles. The summed E-state index contributed by atoms with van der Waals surface area (Å²) in [6.45, 7) is 0. The molecule has 1 unspecified atom stereocenters. The molecule has 1 aromatic carbocycles. The second-order valence-corrected chi connectivity index (χ2v) is 6.11. The van der Waals surface area contributed by atoms with Gasteiger partial charge >= 0.3 is 0 Å². The lowest BCUT2D eigenvalue weighted by Crippen LogP contribution is -2.33. The third-order valence-corrected chi connectivity index (χ3v) is 4.81. The van der Waals surface area contributed by atoms with Gasteiger partial charge in [0.15, 0.2) is 5.82 Å². The van der Waals surface area contributed by atoms with E-state index in [1.165, 1.54) is 11.1 Å². The van der Waals surface area contributed by atoms with Crippen LogP contribution in [-0.2, 0) is 12.0 Å². The SMILES string of the molecule is NC1(c2nc(C3CCc4ccccc43)no2)CCCC1. The summed E-state index contributed by atoms with van der Waals surface area (Å²) in [5.41, 5.74) is 8.76. The zero-order chi connectivity index (χ0) is 13.6. The summed E-state index contributed by atoms with van der Waals surface area (Å²) < 4.78 is 5.49. The molecule has 4 nitrogen and oxygen atoms in total. The van der Waals surface area contributed by atoms with Crippen molar-refractivity contribution in [1.29, 1.82) is 0 Å². The molecule has 2 aliphatic carbocycles. The van der Waals surface area contributed by atoms with Gasteiger partial charge in [0.05, 0.1) is 5.54 Å². The average Bonchev–Trinajstić information content (AvgIpc) is 3.16. The molecule has 4 rings (SSSR count). The minimum Gasteiger partial charge on any atom is -0.337 e. The van der Waals surface area contributed by atoms with Crippen molar-refractivity contribution in [3.05, 3.63) is 47.1 Å². The number of aromatic nitrogens is 2. The van der Waals surface area contributed by atoms with E-state index in [4.69, 9.17) is 10.3 Å². The molecule has 1 heterocycles. The van der Waals surface area contributed by atoms with Crippen LogP contribution in [0.1, 0.15) is 60.9 Å². The van der Waals surface area contributed by atoms with Crippen LogP contribution < -0.4 is 5.73 Å². The minimum atomic E-state index is -0.386. The van der Waals surface area contributed by atoms with Gasteiger partial charge < -0.3 is 10.3 Å². The van der Waals surface area contributed by atoms with Crippen LogP contribution in [0.2, 0.25) is 0 Å². The van der Waals surface area contributed by atoms with Crippen LogP contribution in [0.25, 0.3) is 0 Å². The van der Waals surface area contributed by atoms with Crippen LogP contribution in [0, 0.1) is 0 Å². The lowest BCUT2D eigenvalue weighted by molar-refractivity contribution is 0.283. The summed E-state index contributed by atoms with van der Waals surface area (Å²) in [4.78, 5) is 4.64. The van der Waals surface area contributed by atoms with Gasteiger partial charge in [0.25, 0.3) is 0 Å². The number of aryl methyl sites for hydroxylation is 1. The van der Waals surface area contributed by atoms with Crippen LogP contribution in [0.3, 0.4) is 0 Å². The van der Waals surface area contributed by atoms with Gasteiger partial charge in [-0.2, -0.15) is 4.98 Å². The molecule has 2 N–H and O–H groups in total. The van der Waals surface area contributed by atoms with Crippen molar-refractivity contribution in [3.8, 4) is 0 Å². The Balaban J connectivity index is 1.66. The number of rotatable bonds is 2. The maximum atomic E-state index is 6.39. The van der Waals surface area contributed by atoms with Crippen LogP contribution in [0.4, 0.5) is 0 Å². The van der Waals surface area contributed by atoms with E-state index in [1.807, 2.05) is 0 Å². The molecule has 0 bridgehead atoms. The van der Waals surface area contributed by atoms with Crippen LogP contribution in [0.5, 0.6) is 0 Å². The topological polar surface area (TPSA) is 64.9 Å². The molecule has 1 fully saturated rings. The zero-order valence-corrected chi connectivity index (χ0v) is 11.5. The van der Waals surface area contributed by atoms with Crippen molar-refractivity contribution >= 4 is 0 Å². The van der Waals surface area contributed by atoms with Gasteiger partial charge in [-0.3, -0.25) is 0 Å². The molecule has 1 saturated carbocycles. The fraction of sp³-hybridized carbons (Fsp3) is 0.500. The highest BCUT2D eigenvalue weighted by Gasteiger charge is 2.38. The van der Waals surface area contributed by atoms with Crippen LogP contribution in [-0.4, -0.2) is 10.1 Å². The van der Waals surface area contributed by atoms with Crippen molar-refractivity contribution in [3.63, 3.8) is 0 Å². The second kappa shape index (κ2) is 4.42. The van der Waals surface area contributed by atoms with Crippen molar-refractivity contribution in [2.75, 3.05) is 0 Å². The second-order valence-electron chi connectivity index (χ2n) is 6.11. The number of hydrogen-bond donors (Lipinski definition) is 1. The van der Waals surface area contributed by atoms with Crippen molar-refractivity contribution in [2.24, 2.45) is 5.73 Å². The summed E-state index contributed by atoms with van der Waals surface area (Å²) in [6.07, 6.45) is 6.38. The first-order valence-corrected chi connectivity index (χ1v) is 7.47. The molecule has 2 aromatic rings. The molecule has 104 valence electrons. The third kappa shape index (κ3) is 1.79. The molecule has 2 aliphatic rings. The molecule has 1 aromatic heterocycles. The summed E-state index contributed by atoms with van der Waals surface area (Å²) in [5, 5.41) is 4.22. The predicted molar refractivity (Wildman–Crippen MR) is 75.2 cm³/mol. The molecule has 20 heavy (non-hydrogen) atoms. The highest BCUT2D eigenvalue weighted by Crippen LogP contribution is 2.39. The Bertz CT molecular complexity index is 628. The van der Waals surface area contributed by atoms with Crippen molar-refractivity contribution in [1.82, 2.24) is 10.1 Å². The first-order chi connectivity index (χ1) is 9.76. The molecule has 1 atom stereocenters. The fourth-order valence-corrected chi connectivity index (χ4v) is 3.62. The average molecular weight is 269 g/mol. The van der Waals surface area contributed by atoms with E-state index in [0.717, 1.165) is 44.3 Å². The lowest BCUT2D eigenvalue weighted by Gasteiger charge is -2.17. The first-order valence-electron chi connectivity index (χ1n) is 7.47. The van der Waals surface area contributed by atoms with Crippen molar-refractivity contribution < 1.29 is 4.52 Å². The Morgan fingerprint density at radius 2 is 2.00 bits per heavy atom. The molecule has 0 saturated heterocycles. The summed E-state index contributed by atoms with van der Waals surface area (Å²) in [5.74, 6) is 1.71. The van der Waals surface area contributed by atoms with E-state index in [2.05, 4.69) is 34.4 Å². The monoisotopic (exact) mass is 269 g/mol. The smallest absolute Gasteiger partial charge is 0.246 e. The zero-order valence-electron chi connectivity index (χ0n) is 11.5. The quantitative estimate of drug-likeness (QED) is 0.910. The molecule has 0 radical (unpaired) electrons. The predicted octanol–water partition coefficient (Wildman–Crippen LogP) is 2.88. The molecule has 4 heteroatoms. The highest BCUT2D eigenvalue weighted by atomic mass is 16.5. The summed E-state index contributed by atoms with van der Waals surface area (Å²) in [7, 11) is 0. The number of benzene rings is 1. The minimum absolute atomic E-state index is 0.272. The van der Waals surface area contributed by atoms with Gasteiger partial charge in [0.2, 0.25) is 5.89 Å². The third-order valence-electron chi connectivity index (χ3n) is 4.81. The molecular formula is C16H19N3O. The Morgan fingerprint density at radius 1 is 1.20 bits per heavy atom. The van der Waals surface area contributed by atoms with E-state index in [9.17, 15) is 0 Å². The maximum absolute atomic E-state index is 6.39. The van der Waals surface area contributed by atoms with Crippen molar-refractivity contribution in [2.45, 2.75) is 50.0 Å². The van der Waals surface area contributed by atoms with Crippen LogP contribution >= 0.6 is 0 Å². The van der Waals surface area contributed by atoms with Gasteiger partial charge in [-0.25, -0.2) is 0 Å². The van der Waals surface area contributed by atoms with E-state index >= 15 is 0 Å². The van der Waals surface area contributed by atoms with Crippen LogP contribution in [0.15, 0.2) is 28.8 Å². The Kier molecular flexibility index (Phi) is 2.67. The number of fused-ring (bicyclic) bond motifs is 1. The largest absolute Gasteiger partial charge is 0.337 e. The number of nitrogens with zero attached hydrogens (tertiary/aromatic N) is 2. The molecule has 0 spiro atoms. The normalized spacial score (nSPS) is 23.9. The number of nitrogens with two attached hydrogens (primary N) is 1. The van der Waals surface area contributed by atoms with E-state index in [1.54, 1.807) is 0 Å². The lowest BCUT2D eigenvalue weighted by atomic mass is 9.98. The maximum Gasteiger partial charge on any atom is 0.246 e. The van der Waals surface area contributed by atoms with Gasteiger partial charge in [0, 0.05) is 5.92 Å². The standard InChI is InChI=1S/C16H19N3O/c17-16(9-3-4-10-16)15-18-14(19-20-15)13-8-7-11-5-1-2-6-12(11)13/h1-2,5-6,13H,3-4,7-10,17H2.